The van der Waals surface area contributed by atoms with Crippen LogP contribution in [-0.4, -0.2) is 99.0 Å². The van der Waals surface area contributed by atoms with Crippen LogP contribution in [0.15, 0.2) is 0 Å². The molecule has 0 spiro atoms. The Hall–Kier alpha value is -1.54. The standard InChI is InChI=1S/C16H28N4O4/c21-15(18-4-8-23-9-5-18)17-12-14-2-1-3-20(13-14)16(22)19-6-10-24-11-7-19/h14H,1-13H2,(H,17,21). The first kappa shape index (κ1) is 17.3. The molecule has 0 aliphatic carbocycles. The van der Waals surface area contributed by atoms with Crippen molar-refractivity contribution in [1.29, 1.82) is 0 Å². The summed E-state index contributed by atoms with van der Waals surface area (Å²) in [7, 11) is 0. The molecular weight excluding hydrogens is 312 g/mol. The Morgan fingerprint density at radius 3 is 2.17 bits per heavy atom. The van der Waals surface area contributed by atoms with Crippen molar-refractivity contribution in [2.24, 2.45) is 5.92 Å². The maximum absolute atomic E-state index is 12.6. The molecule has 24 heavy (non-hydrogen) atoms. The average Bonchev–Trinajstić information content (AvgIpc) is 2.67. The number of nitrogens with one attached hydrogen (secondary N) is 1. The van der Waals surface area contributed by atoms with Gasteiger partial charge < -0.3 is 29.5 Å². The van der Waals surface area contributed by atoms with Crippen molar-refractivity contribution in [3.8, 4) is 0 Å². The molecule has 136 valence electrons. The molecule has 1 N–H and O–H groups in total. The van der Waals surface area contributed by atoms with Gasteiger partial charge in [0, 0.05) is 45.8 Å². The van der Waals surface area contributed by atoms with Crippen LogP contribution < -0.4 is 5.32 Å². The van der Waals surface area contributed by atoms with E-state index in [9.17, 15) is 9.59 Å². The molecule has 3 saturated heterocycles. The third kappa shape index (κ3) is 4.51. The van der Waals surface area contributed by atoms with Crippen LogP contribution in [0.2, 0.25) is 0 Å². The van der Waals surface area contributed by atoms with Crippen molar-refractivity contribution in [1.82, 2.24) is 20.0 Å². The van der Waals surface area contributed by atoms with Gasteiger partial charge in [0.25, 0.3) is 0 Å². The Kier molecular flexibility index (Phi) is 6.14. The van der Waals surface area contributed by atoms with Crippen molar-refractivity contribution < 1.29 is 19.1 Å². The summed E-state index contributed by atoms with van der Waals surface area (Å²) in [5.74, 6) is 0.328. The molecule has 8 heteroatoms. The number of carbonyl (C=O) groups is 2. The number of carbonyl (C=O) groups excluding carboxylic acids is 2. The number of morpholine rings is 2. The molecule has 1 atom stereocenters. The molecule has 0 aromatic heterocycles. The molecule has 3 aliphatic heterocycles. The molecule has 0 aromatic carbocycles. The highest BCUT2D eigenvalue weighted by atomic mass is 16.5. The summed E-state index contributed by atoms with van der Waals surface area (Å²) in [5.41, 5.74) is 0. The molecule has 3 fully saturated rings. The lowest BCUT2D eigenvalue weighted by molar-refractivity contribution is 0.0389. The quantitative estimate of drug-likeness (QED) is 0.779. The maximum atomic E-state index is 12.6. The third-order valence-electron chi connectivity index (χ3n) is 4.91. The van der Waals surface area contributed by atoms with E-state index in [4.69, 9.17) is 9.47 Å². The van der Waals surface area contributed by atoms with Gasteiger partial charge in [-0.2, -0.15) is 0 Å². The second kappa shape index (κ2) is 8.53. The minimum atomic E-state index is -0.0186. The van der Waals surface area contributed by atoms with Gasteiger partial charge in [-0.15, -0.1) is 0 Å². The SMILES string of the molecule is O=C(NCC1CCCN(C(=O)N2CCOCC2)C1)N1CCOCC1. The first-order valence-corrected chi connectivity index (χ1v) is 8.96. The van der Waals surface area contributed by atoms with E-state index >= 15 is 0 Å². The topological polar surface area (TPSA) is 74.4 Å². The fraction of sp³-hybridized carbons (Fsp3) is 0.875. The fourth-order valence-electron chi connectivity index (χ4n) is 3.47. The number of likely N-dealkylation sites (tertiary alicyclic amines) is 1. The van der Waals surface area contributed by atoms with Crippen LogP contribution in [0.25, 0.3) is 0 Å². The van der Waals surface area contributed by atoms with Crippen molar-refractivity contribution in [3.63, 3.8) is 0 Å². The second-order valence-corrected chi connectivity index (χ2v) is 6.62. The van der Waals surface area contributed by atoms with E-state index in [1.54, 1.807) is 4.90 Å². The Morgan fingerprint density at radius 1 is 0.875 bits per heavy atom. The summed E-state index contributed by atoms with van der Waals surface area (Å²) < 4.78 is 10.6. The minimum absolute atomic E-state index is 0.0186. The number of nitrogens with zero attached hydrogens (tertiary/aromatic N) is 3. The summed E-state index contributed by atoms with van der Waals surface area (Å²) in [6.45, 7) is 7.28. The van der Waals surface area contributed by atoms with E-state index in [1.807, 2.05) is 9.80 Å². The van der Waals surface area contributed by atoms with Gasteiger partial charge in [0.1, 0.15) is 0 Å². The molecule has 4 amide bonds. The van der Waals surface area contributed by atoms with Gasteiger partial charge >= 0.3 is 12.1 Å². The summed E-state index contributed by atoms with van der Waals surface area (Å²) in [5, 5.41) is 3.02. The highest BCUT2D eigenvalue weighted by Gasteiger charge is 2.28. The lowest BCUT2D eigenvalue weighted by Crippen LogP contribution is -2.53. The van der Waals surface area contributed by atoms with Crippen LogP contribution in [0, 0.1) is 5.92 Å². The molecule has 8 nitrogen and oxygen atoms in total. The Morgan fingerprint density at radius 2 is 1.50 bits per heavy atom. The molecule has 0 saturated carbocycles. The largest absolute Gasteiger partial charge is 0.378 e. The average molecular weight is 340 g/mol. The first-order valence-electron chi connectivity index (χ1n) is 8.96. The van der Waals surface area contributed by atoms with Crippen molar-refractivity contribution >= 4 is 12.1 Å². The van der Waals surface area contributed by atoms with Crippen LogP contribution in [0.4, 0.5) is 9.59 Å². The molecule has 0 radical (unpaired) electrons. The number of amides is 4. The number of ether oxygens (including phenoxy) is 2. The molecular formula is C16H28N4O4. The summed E-state index contributed by atoms with van der Waals surface area (Å²) >= 11 is 0. The predicted octanol–water partition coefficient (Wildman–Crippen LogP) is 0.192. The minimum Gasteiger partial charge on any atom is -0.378 e. The van der Waals surface area contributed by atoms with Crippen LogP contribution in [0.1, 0.15) is 12.8 Å². The van der Waals surface area contributed by atoms with Gasteiger partial charge in [0.2, 0.25) is 0 Å². The number of urea groups is 2. The van der Waals surface area contributed by atoms with Crippen LogP contribution in [0.5, 0.6) is 0 Å². The van der Waals surface area contributed by atoms with E-state index < -0.39 is 0 Å². The Balaban J connectivity index is 1.43. The van der Waals surface area contributed by atoms with Crippen molar-refractivity contribution in [3.05, 3.63) is 0 Å². The van der Waals surface area contributed by atoms with Gasteiger partial charge in [0.05, 0.1) is 26.4 Å². The van der Waals surface area contributed by atoms with Crippen LogP contribution >= 0.6 is 0 Å². The zero-order valence-corrected chi connectivity index (χ0v) is 14.2. The smallest absolute Gasteiger partial charge is 0.320 e. The number of hydrogen-bond acceptors (Lipinski definition) is 4. The first-order chi connectivity index (χ1) is 11.7. The molecule has 1 unspecified atom stereocenters. The molecule has 3 aliphatic rings. The predicted molar refractivity (Wildman–Crippen MR) is 87.9 cm³/mol. The van der Waals surface area contributed by atoms with Crippen LogP contribution in [0.3, 0.4) is 0 Å². The summed E-state index contributed by atoms with van der Waals surface area (Å²) in [4.78, 5) is 30.3. The monoisotopic (exact) mass is 340 g/mol. The van der Waals surface area contributed by atoms with E-state index in [0.29, 0.717) is 65.1 Å². The van der Waals surface area contributed by atoms with Gasteiger partial charge in [-0.05, 0) is 18.8 Å². The zero-order valence-electron chi connectivity index (χ0n) is 14.2. The van der Waals surface area contributed by atoms with E-state index in [2.05, 4.69) is 5.32 Å². The van der Waals surface area contributed by atoms with Crippen molar-refractivity contribution in [2.45, 2.75) is 12.8 Å². The molecule has 0 bridgehead atoms. The molecule has 3 heterocycles. The highest BCUT2D eigenvalue weighted by molar-refractivity contribution is 5.75. The summed E-state index contributed by atoms with van der Waals surface area (Å²) in [6.07, 6.45) is 2.05. The van der Waals surface area contributed by atoms with E-state index in [0.717, 1.165) is 25.9 Å². The lowest BCUT2D eigenvalue weighted by Gasteiger charge is -2.38. The summed E-state index contributed by atoms with van der Waals surface area (Å²) in [6, 6.07) is 0.0948. The Bertz CT molecular complexity index is 436. The second-order valence-electron chi connectivity index (χ2n) is 6.62. The molecule has 3 rings (SSSR count). The zero-order chi connectivity index (χ0) is 16.8. The number of piperidine rings is 1. The fourth-order valence-corrected chi connectivity index (χ4v) is 3.47. The Labute approximate surface area is 143 Å². The van der Waals surface area contributed by atoms with Crippen molar-refractivity contribution in [2.75, 3.05) is 72.2 Å². The van der Waals surface area contributed by atoms with Gasteiger partial charge in [-0.1, -0.05) is 0 Å². The van der Waals surface area contributed by atoms with Gasteiger partial charge in [-0.3, -0.25) is 0 Å². The number of hydrogen-bond donors (Lipinski definition) is 1. The number of rotatable bonds is 2. The van der Waals surface area contributed by atoms with Gasteiger partial charge in [0.15, 0.2) is 0 Å². The normalized spacial score (nSPS) is 25.5. The maximum Gasteiger partial charge on any atom is 0.320 e. The molecule has 0 aromatic rings. The van der Waals surface area contributed by atoms with E-state index in [-0.39, 0.29) is 12.1 Å². The lowest BCUT2D eigenvalue weighted by atomic mass is 9.98. The highest BCUT2D eigenvalue weighted by Crippen LogP contribution is 2.18. The van der Waals surface area contributed by atoms with Crippen LogP contribution in [-0.2, 0) is 9.47 Å². The third-order valence-corrected chi connectivity index (χ3v) is 4.91. The van der Waals surface area contributed by atoms with E-state index in [1.165, 1.54) is 0 Å². The van der Waals surface area contributed by atoms with Gasteiger partial charge in [-0.25, -0.2) is 9.59 Å².